The van der Waals surface area contributed by atoms with Crippen LogP contribution in [0.25, 0.3) is 10.9 Å². The summed E-state index contributed by atoms with van der Waals surface area (Å²) in [6.45, 7) is 12.6. The molecule has 0 bridgehead atoms. The fourth-order valence-corrected chi connectivity index (χ4v) is 4.18. The first kappa shape index (κ1) is 24.0. The molecule has 170 valence electrons. The van der Waals surface area contributed by atoms with E-state index in [4.69, 9.17) is 12.2 Å². The number of aromatic amines is 1. The molecule has 0 saturated carbocycles. The van der Waals surface area contributed by atoms with Gasteiger partial charge in [0.1, 0.15) is 0 Å². The van der Waals surface area contributed by atoms with Crippen LogP contribution >= 0.6 is 12.2 Å². The van der Waals surface area contributed by atoms with Crippen LogP contribution in [0.1, 0.15) is 43.5 Å². The molecule has 2 aromatic carbocycles. The second-order valence-electron chi connectivity index (χ2n) is 8.24. The summed E-state index contributed by atoms with van der Waals surface area (Å²) in [5.41, 5.74) is 3.87. The Balaban J connectivity index is 1.83. The lowest BCUT2D eigenvalue weighted by molar-refractivity contribution is 0.262. The summed E-state index contributed by atoms with van der Waals surface area (Å²) in [6, 6.07) is 18.4. The van der Waals surface area contributed by atoms with Gasteiger partial charge in [0.05, 0.1) is 12.6 Å². The minimum absolute atomic E-state index is 0.0619. The first-order valence-electron chi connectivity index (χ1n) is 11.4. The zero-order valence-corrected chi connectivity index (χ0v) is 20.3. The highest BCUT2D eigenvalue weighted by atomic mass is 32.1. The van der Waals surface area contributed by atoms with Crippen LogP contribution < -0.4 is 10.9 Å². The molecule has 0 radical (unpaired) electrons. The van der Waals surface area contributed by atoms with Crippen LogP contribution in [0.15, 0.2) is 59.4 Å². The Morgan fingerprint density at radius 2 is 1.78 bits per heavy atom. The molecule has 0 spiro atoms. The number of benzene rings is 2. The number of nitrogens with one attached hydrogen (secondary N) is 2. The maximum Gasteiger partial charge on any atom is 0.253 e. The number of aryl methyl sites for hydroxylation is 1. The average Bonchev–Trinajstić information content (AvgIpc) is 2.79. The summed E-state index contributed by atoms with van der Waals surface area (Å²) >= 11 is 5.82. The van der Waals surface area contributed by atoms with Gasteiger partial charge in [-0.25, -0.2) is 0 Å². The third-order valence-corrected chi connectivity index (χ3v) is 6.32. The molecule has 2 N–H and O–H groups in total. The second kappa shape index (κ2) is 11.2. The van der Waals surface area contributed by atoms with Gasteiger partial charge in [0.2, 0.25) is 0 Å². The standard InChI is InChI=1S/C26H34N4OS/c1-5-29(6-2)14-15-30(26(32)27-20(4)21-10-8-7-9-11-21)18-23-17-22-16-19(3)12-13-24(22)28-25(23)31/h7-13,16-17,20H,5-6,14-15,18H2,1-4H3,(H,27,32)(H,28,31). The Kier molecular flexibility index (Phi) is 8.42. The highest BCUT2D eigenvalue weighted by Crippen LogP contribution is 2.16. The van der Waals surface area contributed by atoms with Gasteiger partial charge in [0.15, 0.2) is 5.11 Å². The summed E-state index contributed by atoms with van der Waals surface area (Å²) in [5.74, 6) is 0. The van der Waals surface area contributed by atoms with Gasteiger partial charge in [-0.15, -0.1) is 0 Å². The molecule has 1 atom stereocenters. The lowest BCUT2D eigenvalue weighted by atomic mass is 10.1. The van der Waals surface area contributed by atoms with Gasteiger partial charge in [0, 0.05) is 24.2 Å². The van der Waals surface area contributed by atoms with Crippen molar-refractivity contribution in [3.05, 3.63) is 81.6 Å². The topological polar surface area (TPSA) is 51.4 Å². The van der Waals surface area contributed by atoms with Gasteiger partial charge >= 0.3 is 0 Å². The van der Waals surface area contributed by atoms with Crippen molar-refractivity contribution in [1.29, 1.82) is 0 Å². The van der Waals surface area contributed by atoms with E-state index in [1.807, 2.05) is 36.4 Å². The highest BCUT2D eigenvalue weighted by Gasteiger charge is 2.17. The maximum absolute atomic E-state index is 12.8. The van der Waals surface area contributed by atoms with Crippen molar-refractivity contribution in [2.24, 2.45) is 0 Å². The van der Waals surface area contributed by atoms with E-state index in [1.165, 1.54) is 11.1 Å². The Hall–Kier alpha value is -2.70. The molecule has 3 aromatic rings. The van der Waals surface area contributed by atoms with Crippen molar-refractivity contribution in [3.63, 3.8) is 0 Å². The van der Waals surface area contributed by atoms with Crippen molar-refractivity contribution in [3.8, 4) is 0 Å². The molecule has 0 aliphatic rings. The number of fused-ring (bicyclic) bond motifs is 1. The van der Waals surface area contributed by atoms with Crippen LogP contribution in [-0.2, 0) is 6.54 Å². The molecule has 1 aromatic heterocycles. The van der Waals surface area contributed by atoms with Crippen molar-refractivity contribution in [2.45, 2.75) is 40.3 Å². The fourth-order valence-electron chi connectivity index (χ4n) is 3.85. The molecule has 1 unspecified atom stereocenters. The smallest absolute Gasteiger partial charge is 0.253 e. The quantitative estimate of drug-likeness (QED) is 0.466. The highest BCUT2D eigenvalue weighted by molar-refractivity contribution is 7.80. The fraction of sp³-hybridized carbons (Fsp3) is 0.385. The number of rotatable bonds is 9. The Labute approximate surface area is 196 Å². The molecule has 3 rings (SSSR count). The zero-order chi connectivity index (χ0) is 23.1. The van der Waals surface area contributed by atoms with Crippen molar-refractivity contribution in [2.75, 3.05) is 26.2 Å². The van der Waals surface area contributed by atoms with E-state index >= 15 is 0 Å². The van der Waals surface area contributed by atoms with Crippen LogP contribution in [0.2, 0.25) is 0 Å². The molecule has 0 aliphatic heterocycles. The van der Waals surface area contributed by atoms with E-state index in [0.29, 0.717) is 11.7 Å². The first-order valence-corrected chi connectivity index (χ1v) is 11.8. The van der Waals surface area contributed by atoms with E-state index in [2.05, 4.69) is 66.0 Å². The van der Waals surface area contributed by atoms with Crippen molar-refractivity contribution in [1.82, 2.24) is 20.1 Å². The van der Waals surface area contributed by atoms with Crippen molar-refractivity contribution >= 4 is 28.2 Å². The molecular weight excluding hydrogens is 416 g/mol. The summed E-state index contributed by atoms with van der Waals surface area (Å²) in [7, 11) is 0. The summed E-state index contributed by atoms with van der Waals surface area (Å²) < 4.78 is 0. The lowest BCUT2D eigenvalue weighted by Crippen LogP contribution is -2.44. The predicted molar refractivity (Wildman–Crippen MR) is 138 cm³/mol. The largest absolute Gasteiger partial charge is 0.356 e. The average molecular weight is 451 g/mol. The van der Waals surface area contributed by atoms with Crippen LogP contribution in [-0.4, -0.2) is 46.1 Å². The van der Waals surface area contributed by atoms with Gasteiger partial charge in [-0.2, -0.15) is 0 Å². The normalized spacial score (nSPS) is 12.2. The SMILES string of the molecule is CCN(CC)CCN(Cc1cc2cc(C)ccc2[nH]c1=O)C(=S)NC(C)c1ccccc1. The minimum Gasteiger partial charge on any atom is -0.356 e. The number of pyridine rings is 1. The molecule has 0 amide bonds. The van der Waals surface area contributed by atoms with Gasteiger partial charge in [-0.05, 0) is 68.3 Å². The molecule has 0 aliphatic carbocycles. The molecular formula is C26H34N4OS. The minimum atomic E-state index is -0.0619. The Bertz CT molecular complexity index is 1090. The third-order valence-electron chi connectivity index (χ3n) is 5.95. The number of likely N-dealkylation sites (N-methyl/N-ethyl adjacent to an activating group) is 1. The van der Waals surface area contributed by atoms with E-state index in [0.717, 1.165) is 42.6 Å². The lowest BCUT2D eigenvalue weighted by Gasteiger charge is -2.30. The Morgan fingerprint density at radius 3 is 2.47 bits per heavy atom. The third kappa shape index (κ3) is 6.17. The van der Waals surface area contributed by atoms with E-state index < -0.39 is 0 Å². The molecule has 32 heavy (non-hydrogen) atoms. The molecule has 1 heterocycles. The number of hydrogen-bond acceptors (Lipinski definition) is 3. The molecule has 5 nitrogen and oxygen atoms in total. The monoisotopic (exact) mass is 450 g/mol. The maximum atomic E-state index is 12.8. The van der Waals surface area contributed by atoms with Gasteiger partial charge in [-0.1, -0.05) is 55.8 Å². The summed E-state index contributed by atoms with van der Waals surface area (Å²) in [6.07, 6.45) is 0. The number of thiocarbonyl (C=S) groups is 1. The van der Waals surface area contributed by atoms with E-state index in [9.17, 15) is 4.79 Å². The first-order chi connectivity index (χ1) is 15.4. The zero-order valence-electron chi connectivity index (χ0n) is 19.5. The van der Waals surface area contributed by atoms with Gasteiger partial charge in [-0.3, -0.25) is 4.79 Å². The summed E-state index contributed by atoms with van der Waals surface area (Å²) in [5, 5.41) is 5.17. The number of H-pyrrole nitrogens is 1. The van der Waals surface area contributed by atoms with Crippen LogP contribution in [0.4, 0.5) is 0 Å². The van der Waals surface area contributed by atoms with Gasteiger partial charge in [0.25, 0.3) is 5.56 Å². The molecule has 0 saturated heterocycles. The van der Waals surface area contributed by atoms with Crippen molar-refractivity contribution < 1.29 is 0 Å². The molecule has 0 fully saturated rings. The second-order valence-corrected chi connectivity index (χ2v) is 8.63. The van der Waals surface area contributed by atoms with Crippen LogP contribution in [0, 0.1) is 6.92 Å². The van der Waals surface area contributed by atoms with Crippen LogP contribution in [0.3, 0.4) is 0 Å². The number of hydrogen-bond donors (Lipinski definition) is 2. The van der Waals surface area contributed by atoms with E-state index in [1.54, 1.807) is 0 Å². The van der Waals surface area contributed by atoms with Gasteiger partial charge < -0.3 is 20.1 Å². The van der Waals surface area contributed by atoms with E-state index in [-0.39, 0.29) is 11.6 Å². The number of nitrogens with zero attached hydrogens (tertiary/aromatic N) is 2. The Morgan fingerprint density at radius 1 is 1.06 bits per heavy atom. The summed E-state index contributed by atoms with van der Waals surface area (Å²) in [4.78, 5) is 20.3. The van der Waals surface area contributed by atoms with Crippen LogP contribution in [0.5, 0.6) is 0 Å². The predicted octanol–water partition coefficient (Wildman–Crippen LogP) is 4.62. The molecule has 6 heteroatoms. The number of aromatic nitrogens is 1.